The highest BCUT2D eigenvalue weighted by Gasteiger charge is 2.06. The third kappa shape index (κ3) is 5.74. The van der Waals surface area contributed by atoms with Gasteiger partial charge in [-0.3, -0.25) is 9.59 Å². The van der Waals surface area contributed by atoms with Crippen molar-refractivity contribution in [2.45, 2.75) is 6.42 Å². The van der Waals surface area contributed by atoms with Crippen molar-refractivity contribution in [1.29, 1.82) is 0 Å². The molecule has 2 aromatic rings. The smallest absolute Gasteiger partial charge is 0.163 e. The Morgan fingerprint density at radius 2 is 1.33 bits per heavy atom. The molecular formula is C21H20O6. The Morgan fingerprint density at radius 1 is 0.889 bits per heavy atom. The summed E-state index contributed by atoms with van der Waals surface area (Å²) in [5.41, 5.74) is 0.739. The fourth-order valence-corrected chi connectivity index (χ4v) is 2.10. The van der Waals surface area contributed by atoms with Gasteiger partial charge in [-0.15, -0.1) is 0 Å². The zero-order chi connectivity index (χ0) is 24.8. The number of rotatable bonds is 8. The third-order valence-electron chi connectivity index (χ3n) is 3.46. The molecule has 0 unspecified atom stereocenters. The second-order valence-corrected chi connectivity index (χ2v) is 5.43. The van der Waals surface area contributed by atoms with Gasteiger partial charge in [0.05, 0.1) is 28.7 Å². The highest BCUT2D eigenvalue weighted by molar-refractivity contribution is 6.10. The fraction of sp³-hybridized carbons (Fsp3) is 0.143. The Kier molecular flexibility index (Phi) is 4.36. The molecule has 0 aliphatic rings. The quantitative estimate of drug-likeness (QED) is 0.544. The van der Waals surface area contributed by atoms with E-state index >= 15 is 0 Å². The first-order chi connectivity index (χ1) is 15.2. The third-order valence-corrected chi connectivity index (χ3v) is 3.46. The monoisotopic (exact) mass is 374 g/mol. The Morgan fingerprint density at radius 3 is 1.74 bits per heavy atom. The molecule has 2 N–H and O–H groups in total. The number of aromatic hydroxyl groups is 2. The molecule has 2 rings (SSSR count). The van der Waals surface area contributed by atoms with Gasteiger partial charge in [-0.1, -0.05) is 24.3 Å². The molecule has 0 amide bonds. The van der Waals surface area contributed by atoms with E-state index in [1.807, 2.05) is 0 Å². The minimum Gasteiger partial charge on any atom is -0.504 e. The zero-order valence-electron chi connectivity index (χ0n) is 20.0. The number of phenolic OH excluding ortho intramolecular Hbond substituents is 2. The van der Waals surface area contributed by atoms with Crippen molar-refractivity contribution >= 4 is 23.7 Å². The van der Waals surface area contributed by atoms with Crippen LogP contribution in [0, 0.1) is 0 Å². The molecule has 0 saturated carbocycles. The van der Waals surface area contributed by atoms with Crippen LogP contribution < -0.4 is 9.47 Å². The molecule has 0 bridgehead atoms. The van der Waals surface area contributed by atoms with Crippen LogP contribution in [0.15, 0.2) is 48.6 Å². The van der Waals surface area contributed by atoms with Gasteiger partial charge in [0.15, 0.2) is 34.6 Å². The van der Waals surface area contributed by atoms with Crippen LogP contribution in [0.2, 0.25) is 0 Å². The molecule has 0 fully saturated rings. The van der Waals surface area contributed by atoms with E-state index in [0.29, 0.717) is 11.1 Å². The van der Waals surface area contributed by atoms with Gasteiger partial charge in [-0.2, -0.15) is 0 Å². The standard InChI is InChI=1S/C21H20O6/c1-26-20-11-14(5-9-18(20)24)3-7-16(22)13-17(23)8-4-15-6-10-19(25)21(12-15)27-2/h3-12,24-25H,13H2,1-2H3/b7-3-,8-4+/i1D3,2D3. The Hall–Kier alpha value is -3.54. The number of carbonyl (C=O) groups is 2. The van der Waals surface area contributed by atoms with Gasteiger partial charge in [0.1, 0.15) is 0 Å². The second-order valence-electron chi connectivity index (χ2n) is 5.43. The Bertz CT molecular complexity index is 1000. The Labute approximate surface area is 165 Å². The van der Waals surface area contributed by atoms with Gasteiger partial charge < -0.3 is 19.7 Å². The Balaban J connectivity index is 2.01. The summed E-state index contributed by atoms with van der Waals surface area (Å²) in [4.78, 5) is 24.1. The van der Waals surface area contributed by atoms with Gasteiger partial charge in [-0.25, -0.2) is 0 Å². The van der Waals surface area contributed by atoms with Crippen LogP contribution in [0.25, 0.3) is 12.2 Å². The van der Waals surface area contributed by atoms with Crippen molar-refractivity contribution in [2.24, 2.45) is 0 Å². The summed E-state index contributed by atoms with van der Waals surface area (Å²) < 4.78 is 51.9. The van der Waals surface area contributed by atoms with Crippen LogP contribution in [0.5, 0.6) is 23.0 Å². The molecule has 0 atom stereocenters. The lowest BCUT2D eigenvalue weighted by Crippen LogP contribution is -2.01. The summed E-state index contributed by atoms with van der Waals surface area (Å²) in [5.74, 6) is -2.38. The molecular weight excluding hydrogens is 348 g/mol. The lowest BCUT2D eigenvalue weighted by molar-refractivity contribution is -0.121. The molecule has 0 saturated heterocycles. The fourth-order valence-electron chi connectivity index (χ4n) is 2.10. The van der Waals surface area contributed by atoms with Crippen molar-refractivity contribution < 1.29 is 37.5 Å². The number of allylic oxidation sites excluding steroid dienone is 2. The van der Waals surface area contributed by atoms with Gasteiger partial charge >= 0.3 is 0 Å². The number of ether oxygens (including phenoxy) is 2. The van der Waals surface area contributed by atoms with Crippen molar-refractivity contribution in [3.63, 3.8) is 0 Å². The van der Waals surface area contributed by atoms with Crippen LogP contribution in [-0.2, 0) is 9.59 Å². The number of methoxy groups -OCH3 is 2. The first-order valence-electron chi connectivity index (χ1n) is 10.7. The lowest BCUT2D eigenvalue weighted by atomic mass is 10.1. The van der Waals surface area contributed by atoms with E-state index in [-0.39, 0.29) is 23.0 Å². The second kappa shape index (κ2) is 9.24. The van der Waals surface area contributed by atoms with Crippen molar-refractivity contribution in [2.75, 3.05) is 14.1 Å². The summed E-state index contributed by atoms with van der Waals surface area (Å²) in [6, 6.07) is 7.74. The molecule has 0 radical (unpaired) electrons. The van der Waals surface area contributed by atoms with Crippen LogP contribution in [0.4, 0.5) is 0 Å². The summed E-state index contributed by atoms with van der Waals surface area (Å²) in [7, 11) is -5.52. The highest BCUT2D eigenvalue weighted by Crippen LogP contribution is 2.27. The van der Waals surface area contributed by atoms with Crippen molar-refractivity contribution in [1.82, 2.24) is 0 Å². The number of ketones is 2. The van der Waals surface area contributed by atoms with E-state index in [1.54, 1.807) is 0 Å². The first kappa shape index (κ1) is 12.8. The molecule has 0 spiro atoms. The summed E-state index contributed by atoms with van der Waals surface area (Å²) in [6.07, 6.45) is 4.47. The number of carbonyl (C=O) groups excluding carboxylic acids is 2. The van der Waals surface area contributed by atoms with Gasteiger partial charge in [0.2, 0.25) is 0 Å². The molecule has 27 heavy (non-hydrogen) atoms. The minimum absolute atomic E-state index is 0.278. The van der Waals surface area contributed by atoms with E-state index in [4.69, 9.17) is 8.22 Å². The molecule has 0 aliphatic heterocycles. The maximum Gasteiger partial charge on any atom is 0.163 e. The lowest BCUT2D eigenvalue weighted by Gasteiger charge is -2.03. The number of benzene rings is 2. The van der Waals surface area contributed by atoms with Crippen LogP contribution >= 0.6 is 0 Å². The molecule has 6 nitrogen and oxygen atoms in total. The van der Waals surface area contributed by atoms with Crippen LogP contribution in [0.1, 0.15) is 25.8 Å². The predicted molar refractivity (Wildman–Crippen MR) is 102 cm³/mol. The largest absolute Gasteiger partial charge is 0.504 e. The van der Waals surface area contributed by atoms with Gasteiger partial charge in [0.25, 0.3) is 0 Å². The van der Waals surface area contributed by atoms with E-state index in [1.165, 1.54) is 48.6 Å². The van der Waals surface area contributed by atoms with Crippen LogP contribution in [-0.4, -0.2) is 35.9 Å². The molecule has 0 aromatic heterocycles. The van der Waals surface area contributed by atoms with Crippen molar-refractivity contribution in [3.05, 3.63) is 59.7 Å². The number of hydrogen-bond donors (Lipinski definition) is 2. The average Bonchev–Trinajstić information content (AvgIpc) is 2.67. The summed E-state index contributed by atoms with van der Waals surface area (Å²) in [5, 5.41) is 19.3. The molecule has 140 valence electrons. The van der Waals surface area contributed by atoms with E-state index in [0.717, 1.165) is 12.2 Å². The average molecular weight is 374 g/mol. The van der Waals surface area contributed by atoms with Crippen LogP contribution in [0.3, 0.4) is 0 Å². The minimum atomic E-state index is -2.76. The number of hydrogen-bond acceptors (Lipinski definition) is 6. The first-order valence-corrected chi connectivity index (χ1v) is 7.68. The maximum absolute atomic E-state index is 12.0. The van der Waals surface area contributed by atoms with Gasteiger partial charge in [-0.05, 0) is 47.5 Å². The van der Waals surface area contributed by atoms with Crippen molar-refractivity contribution in [3.8, 4) is 23.0 Å². The van der Waals surface area contributed by atoms with E-state index in [9.17, 15) is 19.8 Å². The summed E-state index contributed by atoms with van der Waals surface area (Å²) in [6.45, 7) is 0. The summed E-state index contributed by atoms with van der Waals surface area (Å²) >= 11 is 0. The van der Waals surface area contributed by atoms with E-state index < -0.39 is 32.1 Å². The normalized spacial score (nSPS) is 15.3. The predicted octanol–water partition coefficient (Wildman–Crippen LogP) is 3.37. The molecule has 2 aromatic carbocycles. The maximum atomic E-state index is 12.0. The SMILES string of the molecule is [2H]C([2H])([2H])Oc1cc(/C=C\C(=O)CC(=O)/C=C/c2ccc(O)c(OC([2H])([2H])[2H])c2)ccc1O. The highest BCUT2D eigenvalue weighted by atomic mass is 16.5. The topological polar surface area (TPSA) is 93.1 Å². The van der Waals surface area contributed by atoms with Gasteiger partial charge in [0, 0.05) is 0 Å². The molecule has 6 heteroatoms. The van der Waals surface area contributed by atoms with E-state index in [2.05, 4.69) is 9.47 Å². The number of phenols is 2. The molecule has 0 heterocycles. The molecule has 0 aliphatic carbocycles. The zero-order valence-corrected chi connectivity index (χ0v) is 14.0.